The first-order valence-electron chi connectivity index (χ1n) is 12.0. The Hall–Kier alpha value is -3.76. The first-order valence-corrected chi connectivity index (χ1v) is 13.2. The summed E-state index contributed by atoms with van der Waals surface area (Å²) < 4.78 is 8.62. The van der Waals surface area contributed by atoms with Crippen LogP contribution in [0.3, 0.4) is 0 Å². The maximum Gasteiger partial charge on any atom is 0.271 e. The van der Waals surface area contributed by atoms with Crippen molar-refractivity contribution in [2.75, 3.05) is 12.0 Å². The number of aromatic nitrogens is 2. The number of rotatable bonds is 6. The summed E-state index contributed by atoms with van der Waals surface area (Å²) in [5.74, 6) is 0.547. The number of halogens is 1. The van der Waals surface area contributed by atoms with Gasteiger partial charge in [-0.2, -0.15) is 0 Å². The molecule has 38 heavy (non-hydrogen) atoms. The van der Waals surface area contributed by atoms with Crippen LogP contribution >= 0.6 is 28.1 Å². The topological polar surface area (TPSA) is 85.5 Å². The van der Waals surface area contributed by atoms with Gasteiger partial charge in [-0.05, 0) is 86.6 Å². The average molecular weight is 593 g/mol. The van der Waals surface area contributed by atoms with E-state index in [1.165, 1.54) is 6.07 Å². The second-order valence-electron chi connectivity index (χ2n) is 9.21. The number of nitro benzene ring substituents is 1. The number of methoxy groups -OCH3 is 1. The van der Waals surface area contributed by atoms with Crippen LogP contribution in [0.1, 0.15) is 40.3 Å². The molecule has 0 spiro atoms. The molecule has 1 fully saturated rings. The van der Waals surface area contributed by atoms with Crippen molar-refractivity contribution in [1.29, 1.82) is 0 Å². The van der Waals surface area contributed by atoms with Gasteiger partial charge in [-0.1, -0.05) is 22.0 Å². The van der Waals surface area contributed by atoms with Crippen molar-refractivity contribution in [3.8, 4) is 11.4 Å². The monoisotopic (exact) mass is 591 g/mol. The SMILES string of the molecule is COc1ccc([N+](=O)[O-])cc1-n1c(C)cc([C@H]2[C@H](c3ccccn3)NC(=S)N2c2ccc(Br)c(C)c2)c1C. The van der Waals surface area contributed by atoms with Gasteiger partial charge < -0.3 is 19.5 Å². The lowest BCUT2D eigenvalue weighted by Crippen LogP contribution is -2.29. The zero-order chi connectivity index (χ0) is 27.1. The summed E-state index contributed by atoms with van der Waals surface area (Å²) in [6, 6.07) is 18.3. The number of aryl methyl sites for hydroxylation is 2. The Bertz CT molecular complexity index is 1560. The summed E-state index contributed by atoms with van der Waals surface area (Å²) in [7, 11) is 1.56. The summed E-state index contributed by atoms with van der Waals surface area (Å²) >= 11 is 9.49. The number of non-ortho nitro benzene ring substituents is 1. The number of benzene rings is 2. The minimum atomic E-state index is -0.397. The molecule has 1 saturated heterocycles. The number of nitro groups is 1. The molecule has 0 amide bonds. The largest absolute Gasteiger partial charge is 0.495 e. The van der Waals surface area contributed by atoms with Crippen LogP contribution in [0.15, 0.2) is 71.3 Å². The molecule has 1 aliphatic rings. The van der Waals surface area contributed by atoms with Gasteiger partial charge >= 0.3 is 0 Å². The van der Waals surface area contributed by atoms with E-state index in [0.717, 1.165) is 38.4 Å². The van der Waals surface area contributed by atoms with E-state index < -0.39 is 4.92 Å². The molecule has 194 valence electrons. The van der Waals surface area contributed by atoms with E-state index in [0.29, 0.717) is 16.5 Å². The maximum atomic E-state index is 11.6. The van der Waals surface area contributed by atoms with Crippen LogP contribution < -0.4 is 15.0 Å². The molecule has 8 nitrogen and oxygen atoms in total. The van der Waals surface area contributed by atoms with Crippen molar-refractivity contribution < 1.29 is 9.66 Å². The minimum Gasteiger partial charge on any atom is -0.495 e. The van der Waals surface area contributed by atoms with E-state index in [9.17, 15) is 10.1 Å². The minimum absolute atomic E-state index is 0.00288. The predicted octanol–water partition coefficient (Wildman–Crippen LogP) is 6.65. The van der Waals surface area contributed by atoms with Crippen LogP contribution in [0.2, 0.25) is 0 Å². The van der Waals surface area contributed by atoms with Crippen LogP contribution in [0.4, 0.5) is 11.4 Å². The number of pyridine rings is 1. The molecule has 1 aliphatic heterocycles. The molecule has 0 bridgehead atoms. The smallest absolute Gasteiger partial charge is 0.271 e. The Labute approximate surface area is 234 Å². The Morgan fingerprint density at radius 2 is 1.89 bits per heavy atom. The number of nitrogens with one attached hydrogen (secondary N) is 1. The van der Waals surface area contributed by atoms with Crippen molar-refractivity contribution in [3.05, 3.63) is 110 Å². The molecule has 3 heterocycles. The fraction of sp³-hybridized carbons (Fsp3) is 0.214. The lowest BCUT2D eigenvalue weighted by Gasteiger charge is -2.28. The van der Waals surface area contributed by atoms with E-state index >= 15 is 0 Å². The highest BCUT2D eigenvalue weighted by Gasteiger charge is 2.42. The molecule has 4 aromatic rings. The Morgan fingerprint density at radius 3 is 2.55 bits per heavy atom. The standard InChI is InChI=1S/C28H26BrN5O3S/c1-16-13-19(8-10-22(16)29)33-27(26(31-28(33)38)23-7-5-6-12-30-23)21-14-17(2)32(18(21)3)24-15-20(34(35)36)9-11-25(24)37-4/h5-15,26-27H,1-4H3,(H,31,38)/t26-,27-/m0/s1. The second kappa shape index (κ2) is 10.2. The second-order valence-corrected chi connectivity index (χ2v) is 10.4. The van der Waals surface area contributed by atoms with Gasteiger partial charge in [0.1, 0.15) is 5.75 Å². The van der Waals surface area contributed by atoms with Crippen LogP contribution in [0.5, 0.6) is 5.75 Å². The molecule has 2 aromatic heterocycles. The van der Waals surface area contributed by atoms with E-state index in [1.807, 2.05) is 55.7 Å². The molecule has 0 radical (unpaired) electrons. The summed E-state index contributed by atoms with van der Waals surface area (Å²) in [6.07, 6.45) is 1.78. The van der Waals surface area contributed by atoms with Crippen LogP contribution in [-0.4, -0.2) is 26.7 Å². The van der Waals surface area contributed by atoms with Crippen LogP contribution in [-0.2, 0) is 0 Å². The molecule has 2 aromatic carbocycles. The Balaban J connectivity index is 1.71. The fourth-order valence-electron chi connectivity index (χ4n) is 5.15. The summed E-state index contributed by atoms with van der Waals surface area (Å²) in [6.45, 7) is 6.05. The van der Waals surface area contributed by atoms with Gasteiger partial charge in [0.2, 0.25) is 0 Å². The molecular weight excluding hydrogens is 566 g/mol. The van der Waals surface area contributed by atoms with Crippen molar-refractivity contribution in [2.24, 2.45) is 0 Å². The Kier molecular flexibility index (Phi) is 6.93. The molecule has 0 saturated carbocycles. The molecule has 1 N–H and O–H groups in total. The highest BCUT2D eigenvalue weighted by Crippen LogP contribution is 2.45. The first-order chi connectivity index (χ1) is 18.2. The first kappa shape index (κ1) is 25.9. The van der Waals surface area contributed by atoms with Gasteiger partial charge in [0.05, 0.1) is 35.5 Å². The third kappa shape index (κ3) is 4.43. The highest BCUT2D eigenvalue weighted by atomic mass is 79.9. The van der Waals surface area contributed by atoms with Gasteiger partial charge in [0.25, 0.3) is 5.69 Å². The number of ether oxygens (including phenoxy) is 1. The molecule has 0 aliphatic carbocycles. The number of anilines is 1. The fourth-order valence-corrected chi connectivity index (χ4v) is 5.74. The van der Waals surface area contributed by atoms with Gasteiger partial charge in [-0.3, -0.25) is 15.1 Å². The number of hydrogen-bond donors (Lipinski definition) is 1. The summed E-state index contributed by atoms with van der Waals surface area (Å²) in [5.41, 5.74) is 6.40. The number of thiocarbonyl (C=S) groups is 1. The van der Waals surface area contributed by atoms with E-state index in [2.05, 4.69) is 43.3 Å². The maximum absolute atomic E-state index is 11.6. The van der Waals surface area contributed by atoms with Gasteiger partial charge in [-0.25, -0.2) is 0 Å². The van der Waals surface area contributed by atoms with Gasteiger partial charge in [0.15, 0.2) is 5.11 Å². The molecule has 2 atom stereocenters. The molecule has 0 unspecified atom stereocenters. The van der Waals surface area contributed by atoms with Crippen LogP contribution in [0.25, 0.3) is 5.69 Å². The third-order valence-electron chi connectivity index (χ3n) is 6.92. The van der Waals surface area contributed by atoms with E-state index in [-0.39, 0.29) is 17.8 Å². The average Bonchev–Trinajstić information content (AvgIpc) is 3.40. The van der Waals surface area contributed by atoms with Crippen molar-refractivity contribution in [3.63, 3.8) is 0 Å². The van der Waals surface area contributed by atoms with E-state index in [4.69, 9.17) is 17.0 Å². The van der Waals surface area contributed by atoms with Crippen molar-refractivity contribution in [2.45, 2.75) is 32.9 Å². The van der Waals surface area contributed by atoms with Crippen LogP contribution in [0, 0.1) is 30.9 Å². The highest BCUT2D eigenvalue weighted by molar-refractivity contribution is 9.10. The van der Waals surface area contributed by atoms with Crippen molar-refractivity contribution >= 4 is 44.6 Å². The lowest BCUT2D eigenvalue weighted by molar-refractivity contribution is -0.384. The van der Waals surface area contributed by atoms with Gasteiger partial charge in [0, 0.05) is 39.9 Å². The quantitative estimate of drug-likeness (QED) is 0.152. The zero-order valence-electron chi connectivity index (χ0n) is 21.3. The summed E-state index contributed by atoms with van der Waals surface area (Å²) in [5, 5.41) is 15.7. The number of hydrogen-bond acceptors (Lipinski definition) is 5. The predicted molar refractivity (Wildman–Crippen MR) is 155 cm³/mol. The van der Waals surface area contributed by atoms with Crippen molar-refractivity contribution in [1.82, 2.24) is 14.9 Å². The third-order valence-corrected chi connectivity index (χ3v) is 8.13. The number of nitrogens with zero attached hydrogens (tertiary/aromatic N) is 4. The normalized spacial score (nSPS) is 17.0. The molecule has 5 rings (SSSR count). The zero-order valence-corrected chi connectivity index (χ0v) is 23.7. The molecular formula is C28H26BrN5O3S. The molecule has 10 heteroatoms. The van der Waals surface area contributed by atoms with E-state index in [1.54, 1.807) is 25.4 Å². The summed E-state index contributed by atoms with van der Waals surface area (Å²) in [4.78, 5) is 18.0. The van der Waals surface area contributed by atoms with Gasteiger partial charge in [-0.15, -0.1) is 0 Å². The Morgan fingerprint density at radius 1 is 1.11 bits per heavy atom. The lowest BCUT2D eigenvalue weighted by atomic mass is 9.96.